The summed E-state index contributed by atoms with van der Waals surface area (Å²) in [6.07, 6.45) is 4.18. The van der Waals surface area contributed by atoms with E-state index in [4.69, 9.17) is 61.6 Å². The number of hydrogen-bond donors (Lipinski definition) is 0. The highest BCUT2D eigenvalue weighted by Crippen LogP contribution is 2.29. The van der Waals surface area contributed by atoms with Gasteiger partial charge in [-0.2, -0.15) is 8.78 Å². The summed E-state index contributed by atoms with van der Waals surface area (Å²) in [7, 11) is 0. The first kappa shape index (κ1) is 56.3. The molecule has 0 amide bonds. The SMILES string of the molecule is CCCCCCC(=O)OCCOCCOCCOCCOCCOCCOCCOCCOCCOCCOCCOCCOCCC(=O)Oc1c(F)c(F)c(F)c(F)c1F. The van der Waals surface area contributed by atoms with Crippen molar-refractivity contribution >= 4 is 11.9 Å². The molecule has 0 N–H and O–H groups in total. The zero-order chi connectivity index (χ0) is 44.4. The van der Waals surface area contributed by atoms with Crippen molar-refractivity contribution in [3.63, 3.8) is 0 Å². The van der Waals surface area contributed by atoms with E-state index in [1.807, 2.05) is 0 Å². The molecule has 61 heavy (non-hydrogen) atoms. The highest BCUT2D eigenvalue weighted by molar-refractivity contribution is 5.72. The molecule has 0 radical (unpaired) electrons. The molecule has 1 aromatic carbocycles. The molecule has 1 aromatic rings. The minimum Gasteiger partial charge on any atom is -0.463 e. The number of ether oxygens (including phenoxy) is 14. The van der Waals surface area contributed by atoms with Crippen molar-refractivity contribution in [2.24, 2.45) is 0 Å². The van der Waals surface area contributed by atoms with Crippen LogP contribution < -0.4 is 4.74 Å². The van der Waals surface area contributed by atoms with Crippen LogP contribution in [0.2, 0.25) is 0 Å². The van der Waals surface area contributed by atoms with Crippen molar-refractivity contribution < 1.29 is 97.9 Å². The molecular weight excluding hydrogens is 831 g/mol. The molecule has 0 aliphatic heterocycles. The third kappa shape index (κ3) is 32.6. The molecule has 1 rings (SSSR count). The van der Waals surface area contributed by atoms with Gasteiger partial charge in [0.1, 0.15) is 6.61 Å². The number of hydrogen-bond acceptors (Lipinski definition) is 16. The quantitative estimate of drug-likeness (QED) is 0.0226. The molecule has 356 valence electrons. The van der Waals surface area contributed by atoms with Gasteiger partial charge in [0.25, 0.3) is 0 Å². The fourth-order valence-electron chi connectivity index (χ4n) is 4.50. The molecule has 0 aliphatic rings. The second-order valence-corrected chi connectivity index (χ2v) is 12.5. The van der Waals surface area contributed by atoms with Crippen LogP contribution in [0.5, 0.6) is 5.75 Å². The van der Waals surface area contributed by atoms with E-state index in [1.54, 1.807) is 0 Å². The van der Waals surface area contributed by atoms with Gasteiger partial charge in [0.05, 0.1) is 165 Å². The summed E-state index contributed by atoms with van der Waals surface area (Å²) in [5, 5.41) is 0. The number of halogens is 5. The molecule has 0 unspecified atom stereocenters. The fraction of sp³-hybridized carbons (Fsp3) is 0.800. The normalized spacial score (nSPS) is 11.4. The van der Waals surface area contributed by atoms with Gasteiger partial charge in [-0.1, -0.05) is 26.2 Å². The van der Waals surface area contributed by atoms with Gasteiger partial charge < -0.3 is 66.3 Å². The molecule has 0 aliphatic carbocycles. The Labute approximate surface area is 355 Å². The van der Waals surface area contributed by atoms with E-state index in [0.29, 0.717) is 139 Å². The topological polar surface area (TPSA) is 163 Å². The summed E-state index contributed by atoms with van der Waals surface area (Å²) < 4.78 is 141. The summed E-state index contributed by atoms with van der Waals surface area (Å²) in [5.74, 6) is -14.3. The van der Waals surface area contributed by atoms with Gasteiger partial charge in [0, 0.05) is 6.42 Å². The summed E-state index contributed by atoms with van der Waals surface area (Å²) in [4.78, 5) is 23.2. The van der Waals surface area contributed by atoms with Gasteiger partial charge in [0.15, 0.2) is 0 Å². The predicted molar refractivity (Wildman–Crippen MR) is 206 cm³/mol. The van der Waals surface area contributed by atoms with Crippen molar-refractivity contribution in [1.29, 1.82) is 0 Å². The van der Waals surface area contributed by atoms with Gasteiger partial charge in [-0.15, -0.1) is 0 Å². The zero-order valence-corrected chi connectivity index (χ0v) is 35.3. The third-order valence-electron chi connectivity index (χ3n) is 7.65. The van der Waals surface area contributed by atoms with Crippen LogP contribution in [-0.4, -0.2) is 177 Å². The monoisotopic (exact) mass is 896 g/mol. The van der Waals surface area contributed by atoms with Crippen molar-refractivity contribution in [2.45, 2.75) is 45.4 Å². The molecule has 0 spiro atoms. The Morgan fingerprint density at radius 1 is 0.328 bits per heavy atom. The predicted octanol–water partition coefficient (Wildman–Crippen LogP) is 4.39. The van der Waals surface area contributed by atoms with Gasteiger partial charge in [0.2, 0.25) is 34.8 Å². The van der Waals surface area contributed by atoms with Crippen LogP contribution in [0, 0.1) is 29.1 Å². The Kier molecular flexibility index (Phi) is 38.2. The number of carbonyl (C=O) groups excluding carboxylic acids is 2. The molecular formula is C40H65F5O16. The Morgan fingerprint density at radius 3 is 0.918 bits per heavy atom. The first-order chi connectivity index (χ1) is 29.8. The van der Waals surface area contributed by atoms with Crippen LogP contribution >= 0.6 is 0 Å². The average molecular weight is 897 g/mol. The zero-order valence-electron chi connectivity index (χ0n) is 35.3. The molecule has 0 fully saturated rings. The van der Waals surface area contributed by atoms with E-state index in [1.165, 1.54) is 0 Å². The Balaban J connectivity index is 1.70. The summed E-state index contributed by atoms with van der Waals surface area (Å²) in [6.45, 7) is 11.1. The molecule has 21 heteroatoms. The standard InChI is InChI=1S/C40H65F5O16/c1-2-3-4-5-6-33(46)60-32-31-59-30-29-58-28-27-57-26-25-56-24-23-55-22-21-54-20-19-53-18-17-52-16-15-51-14-13-50-12-11-49-10-9-48-8-7-34(47)61-40-38(44)36(42)35(41)37(43)39(40)45/h2-32H2,1H3. The van der Waals surface area contributed by atoms with E-state index >= 15 is 0 Å². The molecule has 0 heterocycles. The first-order valence-corrected chi connectivity index (χ1v) is 20.6. The highest BCUT2D eigenvalue weighted by Gasteiger charge is 2.28. The van der Waals surface area contributed by atoms with Gasteiger partial charge in [-0.3, -0.25) is 9.59 Å². The van der Waals surface area contributed by atoms with Gasteiger partial charge >= 0.3 is 11.9 Å². The van der Waals surface area contributed by atoms with Crippen molar-refractivity contribution in [1.82, 2.24) is 0 Å². The number of rotatable bonds is 45. The summed E-state index contributed by atoms with van der Waals surface area (Å²) in [5.41, 5.74) is 0. The molecule has 0 saturated carbocycles. The van der Waals surface area contributed by atoms with E-state index in [-0.39, 0.29) is 39.0 Å². The highest BCUT2D eigenvalue weighted by atomic mass is 19.2. The van der Waals surface area contributed by atoms with E-state index in [0.717, 1.165) is 25.7 Å². The van der Waals surface area contributed by atoms with Gasteiger partial charge in [-0.05, 0) is 6.42 Å². The van der Waals surface area contributed by atoms with Crippen LogP contribution in [0.4, 0.5) is 22.0 Å². The minimum atomic E-state index is -2.35. The number of esters is 2. The van der Waals surface area contributed by atoms with E-state index in [9.17, 15) is 31.5 Å². The van der Waals surface area contributed by atoms with E-state index in [2.05, 4.69) is 11.7 Å². The summed E-state index contributed by atoms with van der Waals surface area (Å²) in [6, 6.07) is 0. The Hall–Kier alpha value is -2.67. The van der Waals surface area contributed by atoms with Crippen LogP contribution in [0.25, 0.3) is 0 Å². The maximum Gasteiger partial charge on any atom is 0.313 e. The number of unbranched alkanes of at least 4 members (excludes halogenated alkanes) is 3. The Bertz CT molecular complexity index is 1190. The van der Waals surface area contributed by atoms with E-state index < -0.39 is 47.2 Å². The number of carbonyl (C=O) groups is 2. The molecule has 0 saturated heterocycles. The lowest BCUT2D eigenvalue weighted by molar-refractivity contribution is -0.145. The minimum absolute atomic E-state index is 0.0744. The smallest absolute Gasteiger partial charge is 0.313 e. The fourth-order valence-corrected chi connectivity index (χ4v) is 4.50. The average Bonchev–Trinajstić information content (AvgIpc) is 3.26. The van der Waals surface area contributed by atoms with Crippen molar-refractivity contribution in [3.05, 3.63) is 29.1 Å². The maximum absolute atomic E-state index is 13.6. The van der Waals surface area contributed by atoms with Crippen LogP contribution in [0.15, 0.2) is 0 Å². The third-order valence-corrected chi connectivity index (χ3v) is 7.65. The van der Waals surface area contributed by atoms with Crippen LogP contribution in [0.1, 0.15) is 45.4 Å². The first-order valence-electron chi connectivity index (χ1n) is 20.6. The molecule has 0 aromatic heterocycles. The maximum atomic E-state index is 13.6. The number of benzene rings is 1. The molecule has 0 bridgehead atoms. The molecule has 16 nitrogen and oxygen atoms in total. The van der Waals surface area contributed by atoms with Crippen LogP contribution in [-0.2, 0) is 71.2 Å². The lowest BCUT2D eigenvalue weighted by Crippen LogP contribution is -2.16. The second kappa shape index (κ2) is 41.3. The lowest BCUT2D eigenvalue weighted by atomic mass is 10.2. The molecule has 0 atom stereocenters. The van der Waals surface area contributed by atoms with Gasteiger partial charge in [-0.25, -0.2) is 13.2 Å². The lowest BCUT2D eigenvalue weighted by Gasteiger charge is -2.09. The summed E-state index contributed by atoms with van der Waals surface area (Å²) >= 11 is 0. The Morgan fingerprint density at radius 2 is 0.607 bits per heavy atom. The second-order valence-electron chi connectivity index (χ2n) is 12.5. The van der Waals surface area contributed by atoms with Crippen molar-refractivity contribution in [2.75, 3.05) is 165 Å². The van der Waals surface area contributed by atoms with Crippen molar-refractivity contribution in [3.8, 4) is 5.75 Å². The van der Waals surface area contributed by atoms with Crippen LogP contribution in [0.3, 0.4) is 0 Å². The largest absolute Gasteiger partial charge is 0.463 e.